The number of rotatable bonds is 15. The summed E-state index contributed by atoms with van der Waals surface area (Å²) in [5.41, 5.74) is 0.905. The van der Waals surface area contributed by atoms with E-state index in [-0.39, 0.29) is 24.3 Å². The van der Waals surface area contributed by atoms with E-state index in [4.69, 9.17) is 47.4 Å². The maximum absolute atomic E-state index is 14.1. The van der Waals surface area contributed by atoms with Crippen LogP contribution in [0, 0.1) is 0 Å². The first-order valence-corrected chi connectivity index (χ1v) is 22.3. The summed E-state index contributed by atoms with van der Waals surface area (Å²) in [5.74, 6) is -2.21. The molecule has 65 heavy (non-hydrogen) atoms. The van der Waals surface area contributed by atoms with Gasteiger partial charge in [-0.3, -0.25) is 0 Å². The highest BCUT2D eigenvalue weighted by Gasteiger charge is 2.58. The molecule has 5 aromatic rings. The SMILES string of the molecule is CCSC1OC(COC(=O)c2ccccc2)[C@@H](O[C@H]2OC3COC(c4ccccc4)O[C@H]3C(OC(=O)c3ccccc3)C2OC(=O)c2ccccc2)C(OC)C1OC(=O)c1ccccc1. The lowest BCUT2D eigenvalue weighted by Gasteiger charge is -2.50. The number of hydrogen-bond acceptors (Lipinski definition) is 15. The molecule has 11 atom stereocenters. The molecule has 8 unspecified atom stereocenters. The Kier molecular flexibility index (Phi) is 15.3. The van der Waals surface area contributed by atoms with Crippen LogP contribution in [0.2, 0.25) is 0 Å². The van der Waals surface area contributed by atoms with E-state index in [1.165, 1.54) is 18.9 Å². The minimum Gasteiger partial charge on any atom is -0.459 e. The molecule has 338 valence electrons. The van der Waals surface area contributed by atoms with Crippen LogP contribution in [-0.4, -0.2) is 111 Å². The van der Waals surface area contributed by atoms with Crippen molar-refractivity contribution in [3.63, 3.8) is 0 Å². The largest absolute Gasteiger partial charge is 0.459 e. The lowest BCUT2D eigenvalue weighted by atomic mass is 9.95. The number of methoxy groups -OCH3 is 1. The zero-order valence-corrected chi connectivity index (χ0v) is 36.3. The van der Waals surface area contributed by atoms with E-state index in [0.29, 0.717) is 22.4 Å². The van der Waals surface area contributed by atoms with Crippen molar-refractivity contribution in [2.24, 2.45) is 0 Å². The number of benzene rings is 5. The fraction of sp³-hybridized carbons (Fsp3) is 0.320. The molecule has 3 heterocycles. The minimum absolute atomic E-state index is 0.0532. The van der Waals surface area contributed by atoms with Gasteiger partial charge in [0.2, 0.25) is 0 Å². The molecule has 3 saturated heterocycles. The third-order valence-corrected chi connectivity index (χ3v) is 12.0. The first kappa shape index (κ1) is 45.7. The van der Waals surface area contributed by atoms with Crippen molar-refractivity contribution in [1.29, 1.82) is 0 Å². The molecule has 0 aromatic heterocycles. The number of esters is 4. The van der Waals surface area contributed by atoms with E-state index in [2.05, 4.69) is 0 Å². The lowest BCUT2D eigenvalue weighted by molar-refractivity contribution is -0.376. The van der Waals surface area contributed by atoms with Gasteiger partial charge in [0, 0.05) is 12.7 Å². The molecule has 15 heteroatoms. The highest BCUT2D eigenvalue weighted by molar-refractivity contribution is 7.99. The van der Waals surface area contributed by atoms with Crippen molar-refractivity contribution in [3.8, 4) is 0 Å². The standard InChI is InChI=1S/C50H48O14S/c1-3-65-50-43(62-47(54)34-25-15-7-16-26-34)40(55-2)38(37(59-50)29-56-44(51)31-19-9-4-10-20-31)64-49-42(61-46(53)33-23-13-6-14-24-33)41(60-45(52)32-21-11-5-12-22-32)39-36(58-49)30-57-48(63-39)35-27-17-8-18-28-35/h4-28,36-43,48-50H,3,29-30H2,1-2H3/t36?,37?,38-,39-,40?,41?,42?,43?,48?,49-,50?/m1/s1. The first-order valence-electron chi connectivity index (χ1n) is 21.2. The van der Waals surface area contributed by atoms with Gasteiger partial charge in [-0.15, -0.1) is 11.8 Å². The van der Waals surface area contributed by atoms with Crippen LogP contribution in [-0.2, 0) is 47.4 Å². The van der Waals surface area contributed by atoms with Crippen LogP contribution in [0.3, 0.4) is 0 Å². The van der Waals surface area contributed by atoms with Gasteiger partial charge >= 0.3 is 23.9 Å². The molecule has 0 bridgehead atoms. The van der Waals surface area contributed by atoms with Gasteiger partial charge in [-0.05, 0) is 54.3 Å². The van der Waals surface area contributed by atoms with E-state index in [1.54, 1.807) is 121 Å². The molecule has 5 aromatic carbocycles. The quantitative estimate of drug-likeness (QED) is 0.0764. The molecule has 8 rings (SSSR count). The minimum atomic E-state index is -1.54. The van der Waals surface area contributed by atoms with E-state index in [1.807, 2.05) is 37.3 Å². The highest BCUT2D eigenvalue weighted by atomic mass is 32.2. The molecular formula is C50H48O14S. The zero-order valence-electron chi connectivity index (χ0n) is 35.5. The predicted molar refractivity (Wildman–Crippen MR) is 235 cm³/mol. The zero-order chi connectivity index (χ0) is 45.1. The maximum Gasteiger partial charge on any atom is 0.338 e. The molecule has 14 nitrogen and oxygen atoms in total. The molecule has 0 saturated carbocycles. The number of fused-ring (bicyclic) bond motifs is 1. The normalized spacial score (nSPS) is 27.3. The molecule has 0 aliphatic carbocycles. The average Bonchev–Trinajstić information content (AvgIpc) is 3.36. The fourth-order valence-electron chi connectivity index (χ4n) is 7.83. The van der Waals surface area contributed by atoms with Gasteiger partial charge in [-0.25, -0.2) is 19.2 Å². The van der Waals surface area contributed by atoms with Crippen LogP contribution in [0.15, 0.2) is 152 Å². The second kappa shape index (κ2) is 21.8. The molecular weight excluding hydrogens is 857 g/mol. The van der Waals surface area contributed by atoms with Gasteiger partial charge in [-0.1, -0.05) is 110 Å². The Labute approximate surface area is 380 Å². The van der Waals surface area contributed by atoms with Crippen LogP contribution in [0.25, 0.3) is 0 Å². The van der Waals surface area contributed by atoms with Gasteiger partial charge < -0.3 is 47.4 Å². The van der Waals surface area contributed by atoms with Crippen molar-refractivity contribution in [2.45, 2.75) is 73.8 Å². The van der Waals surface area contributed by atoms with E-state index in [0.717, 1.165) is 0 Å². The Bertz CT molecular complexity index is 2320. The molecule has 3 fully saturated rings. The molecule has 0 spiro atoms. The number of carbonyl (C=O) groups excluding carboxylic acids is 4. The maximum atomic E-state index is 14.1. The topological polar surface area (TPSA) is 161 Å². The molecule has 0 N–H and O–H groups in total. The third-order valence-electron chi connectivity index (χ3n) is 11.0. The highest BCUT2D eigenvalue weighted by Crippen LogP contribution is 2.40. The number of carbonyl (C=O) groups is 4. The number of thioether (sulfide) groups is 1. The smallest absolute Gasteiger partial charge is 0.338 e. The van der Waals surface area contributed by atoms with Crippen LogP contribution in [0.4, 0.5) is 0 Å². The summed E-state index contributed by atoms with van der Waals surface area (Å²) in [4.78, 5) is 55.3. The first-order chi connectivity index (χ1) is 31.8. The van der Waals surface area contributed by atoms with Gasteiger partial charge in [0.25, 0.3) is 0 Å². The Balaban J connectivity index is 1.18. The summed E-state index contributed by atoms with van der Waals surface area (Å²) in [6.07, 6.45) is -11.8. The second-order valence-electron chi connectivity index (χ2n) is 15.2. The van der Waals surface area contributed by atoms with Crippen LogP contribution < -0.4 is 0 Å². The Morgan fingerprint density at radius 1 is 0.554 bits per heavy atom. The van der Waals surface area contributed by atoms with Gasteiger partial charge in [0.05, 0.1) is 28.9 Å². The fourth-order valence-corrected chi connectivity index (χ4v) is 8.78. The summed E-state index contributed by atoms with van der Waals surface area (Å²) < 4.78 is 63.8. The van der Waals surface area contributed by atoms with Crippen molar-refractivity contribution in [1.82, 2.24) is 0 Å². The summed E-state index contributed by atoms with van der Waals surface area (Å²) in [7, 11) is 1.43. The monoisotopic (exact) mass is 904 g/mol. The second-order valence-corrected chi connectivity index (χ2v) is 16.6. The van der Waals surface area contributed by atoms with Crippen molar-refractivity contribution in [2.75, 3.05) is 26.1 Å². The van der Waals surface area contributed by atoms with Gasteiger partial charge in [0.1, 0.15) is 42.6 Å². The summed E-state index contributed by atoms with van der Waals surface area (Å²) >= 11 is 1.36. The van der Waals surface area contributed by atoms with Crippen molar-refractivity contribution < 1.29 is 66.5 Å². The van der Waals surface area contributed by atoms with E-state index < -0.39 is 90.7 Å². The predicted octanol–water partition coefficient (Wildman–Crippen LogP) is 7.24. The van der Waals surface area contributed by atoms with Crippen molar-refractivity contribution in [3.05, 3.63) is 179 Å². The Morgan fingerprint density at radius 3 is 1.54 bits per heavy atom. The lowest BCUT2D eigenvalue weighted by Crippen LogP contribution is -2.67. The van der Waals surface area contributed by atoms with Gasteiger partial charge in [-0.2, -0.15) is 0 Å². The van der Waals surface area contributed by atoms with Crippen LogP contribution in [0.1, 0.15) is 60.2 Å². The number of hydrogen-bond donors (Lipinski definition) is 0. The van der Waals surface area contributed by atoms with Gasteiger partial charge in [0.15, 0.2) is 30.9 Å². The molecule has 3 aliphatic heterocycles. The van der Waals surface area contributed by atoms with Crippen LogP contribution >= 0.6 is 11.8 Å². The Morgan fingerprint density at radius 2 is 1.03 bits per heavy atom. The molecule has 0 radical (unpaired) electrons. The third kappa shape index (κ3) is 11.0. The van der Waals surface area contributed by atoms with Crippen LogP contribution in [0.5, 0.6) is 0 Å². The summed E-state index contributed by atoms with van der Waals surface area (Å²) in [6.45, 7) is 1.52. The summed E-state index contributed by atoms with van der Waals surface area (Å²) in [6, 6.07) is 42.8. The van der Waals surface area contributed by atoms with E-state index in [9.17, 15) is 19.2 Å². The van der Waals surface area contributed by atoms with E-state index >= 15 is 0 Å². The molecule has 0 amide bonds. The number of ether oxygens (including phenoxy) is 10. The average molecular weight is 905 g/mol. The summed E-state index contributed by atoms with van der Waals surface area (Å²) in [5, 5.41) is 0. The van der Waals surface area contributed by atoms with Crippen molar-refractivity contribution >= 4 is 35.6 Å². The Hall–Kier alpha value is -5.91. The molecule has 3 aliphatic rings.